The van der Waals surface area contributed by atoms with Crippen molar-refractivity contribution in [2.45, 2.75) is 98.8 Å². The smallest absolute Gasteiger partial charge is 0.137 e. The predicted molar refractivity (Wildman–Crippen MR) is 204 cm³/mol. The summed E-state index contributed by atoms with van der Waals surface area (Å²) in [5, 5.41) is 7.86. The number of fused-ring (bicyclic) bond motifs is 3. The summed E-state index contributed by atoms with van der Waals surface area (Å²) >= 11 is 0. The zero-order chi connectivity index (χ0) is 34.8. The van der Waals surface area contributed by atoms with E-state index in [1.54, 1.807) is 0 Å². The third kappa shape index (κ3) is 5.98. The largest absolute Gasteiger partial charge is 0.457 e. The molecule has 5 heteroatoms. The van der Waals surface area contributed by atoms with Crippen LogP contribution in [0.1, 0.15) is 102 Å². The van der Waals surface area contributed by atoms with Crippen molar-refractivity contribution in [1.82, 2.24) is 19.3 Å². The Morgan fingerprint density at radius 3 is 2.22 bits per heavy atom. The highest BCUT2D eigenvalue weighted by atomic mass is 16.5. The number of aromatic nitrogens is 4. The van der Waals surface area contributed by atoms with Gasteiger partial charge < -0.3 is 4.74 Å². The summed E-state index contributed by atoms with van der Waals surface area (Å²) in [6, 6.07) is 25.6. The highest BCUT2D eigenvalue weighted by Gasteiger charge is 2.39. The molecule has 252 valence electrons. The van der Waals surface area contributed by atoms with Gasteiger partial charge in [-0.25, -0.2) is 9.67 Å². The van der Waals surface area contributed by atoms with Crippen LogP contribution in [0.4, 0.5) is 0 Å². The lowest BCUT2D eigenvalue weighted by molar-refractivity contribution is 0.431. The molecule has 0 N–H and O–H groups in total. The van der Waals surface area contributed by atoms with E-state index in [2.05, 4.69) is 151 Å². The minimum Gasteiger partial charge on any atom is -0.457 e. The van der Waals surface area contributed by atoms with Crippen LogP contribution >= 0.6 is 0 Å². The number of aryl methyl sites for hydroxylation is 2. The van der Waals surface area contributed by atoms with E-state index in [4.69, 9.17) is 14.8 Å². The molecule has 0 saturated carbocycles. The third-order valence-corrected chi connectivity index (χ3v) is 10.1. The second-order valence-corrected chi connectivity index (χ2v) is 16.3. The Morgan fingerprint density at radius 1 is 0.755 bits per heavy atom. The quantitative estimate of drug-likeness (QED) is 0.174. The second kappa shape index (κ2) is 12.0. The molecule has 7 rings (SSSR count). The Balaban J connectivity index is 1.37. The molecule has 1 aliphatic rings. The van der Waals surface area contributed by atoms with Crippen molar-refractivity contribution in [1.29, 1.82) is 0 Å². The Hall–Kier alpha value is -4.64. The molecule has 3 aromatic carbocycles. The van der Waals surface area contributed by atoms with Gasteiger partial charge in [0.15, 0.2) is 0 Å². The van der Waals surface area contributed by atoms with Crippen molar-refractivity contribution < 1.29 is 4.74 Å². The first-order valence-electron chi connectivity index (χ1n) is 17.8. The summed E-state index contributed by atoms with van der Waals surface area (Å²) in [4.78, 5) is 4.76. The maximum absolute atomic E-state index is 6.74. The average molecular weight is 651 g/mol. The number of hydrogen-bond acceptors (Lipinski definition) is 3. The van der Waals surface area contributed by atoms with Crippen LogP contribution in [0.2, 0.25) is 0 Å². The van der Waals surface area contributed by atoms with Crippen molar-refractivity contribution in [3.8, 4) is 23.0 Å². The molecule has 5 nitrogen and oxygen atoms in total. The summed E-state index contributed by atoms with van der Waals surface area (Å²) in [7, 11) is 0. The van der Waals surface area contributed by atoms with Crippen LogP contribution in [0.3, 0.4) is 0 Å². The number of allylic oxidation sites excluding steroid dienone is 2. The van der Waals surface area contributed by atoms with Crippen LogP contribution in [0.5, 0.6) is 11.5 Å². The molecule has 2 atom stereocenters. The SMILES string of the molecule is CC1=CCC[C@H](C)C1c1c(C(C)(C)C)nn(-c2cc(C)cc(Oc3ccc4c5ccccc5n(-c5cc(C)ccn5)c4c3)c2)c1C(C)(C)C. The summed E-state index contributed by atoms with van der Waals surface area (Å²) < 4.78 is 11.2. The van der Waals surface area contributed by atoms with Crippen LogP contribution in [-0.4, -0.2) is 19.3 Å². The number of pyridine rings is 1. The highest BCUT2D eigenvalue weighted by molar-refractivity contribution is 6.09. The van der Waals surface area contributed by atoms with Gasteiger partial charge in [-0.15, -0.1) is 0 Å². The van der Waals surface area contributed by atoms with Gasteiger partial charge in [0.2, 0.25) is 0 Å². The maximum Gasteiger partial charge on any atom is 0.137 e. The van der Waals surface area contributed by atoms with E-state index >= 15 is 0 Å². The molecule has 49 heavy (non-hydrogen) atoms. The number of ether oxygens (including phenoxy) is 1. The highest BCUT2D eigenvalue weighted by Crippen LogP contribution is 2.47. The monoisotopic (exact) mass is 650 g/mol. The lowest BCUT2D eigenvalue weighted by Crippen LogP contribution is -2.25. The Labute approximate surface area is 291 Å². The molecule has 0 radical (unpaired) electrons. The van der Waals surface area contributed by atoms with E-state index in [1.165, 1.54) is 45.3 Å². The second-order valence-electron chi connectivity index (χ2n) is 16.3. The van der Waals surface area contributed by atoms with E-state index in [0.717, 1.165) is 46.0 Å². The van der Waals surface area contributed by atoms with E-state index in [-0.39, 0.29) is 10.8 Å². The third-order valence-electron chi connectivity index (χ3n) is 10.1. The molecular weight excluding hydrogens is 601 g/mol. The van der Waals surface area contributed by atoms with Crippen molar-refractivity contribution in [3.05, 3.63) is 119 Å². The van der Waals surface area contributed by atoms with E-state index in [1.807, 2.05) is 12.3 Å². The molecule has 0 fully saturated rings. The van der Waals surface area contributed by atoms with Crippen LogP contribution < -0.4 is 4.74 Å². The summed E-state index contributed by atoms with van der Waals surface area (Å²) in [5.74, 6) is 3.39. The van der Waals surface area contributed by atoms with Crippen LogP contribution in [0, 0.1) is 19.8 Å². The molecule has 0 saturated heterocycles. The number of para-hydroxylation sites is 1. The fourth-order valence-electron chi connectivity index (χ4n) is 7.96. The fraction of sp³-hybridized carbons (Fsp3) is 0.364. The van der Waals surface area contributed by atoms with Gasteiger partial charge in [0.05, 0.1) is 28.1 Å². The molecule has 0 bridgehead atoms. The van der Waals surface area contributed by atoms with Gasteiger partial charge in [0, 0.05) is 51.4 Å². The molecule has 1 unspecified atom stereocenters. The van der Waals surface area contributed by atoms with Crippen molar-refractivity contribution in [2.75, 3.05) is 0 Å². The molecular formula is C44H50N4O. The van der Waals surface area contributed by atoms with Crippen molar-refractivity contribution in [3.63, 3.8) is 0 Å². The van der Waals surface area contributed by atoms with Gasteiger partial charge in [-0.1, -0.05) is 78.3 Å². The normalized spacial score (nSPS) is 17.1. The first-order chi connectivity index (χ1) is 23.2. The molecule has 3 heterocycles. The number of rotatable bonds is 5. The Kier molecular flexibility index (Phi) is 8.09. The lowest BCUT2D eigenvalue weighted by Gasteiger charge is -2.34. The van der Waals surface area contributed by atoms with Gasteiger partial charge in [0.1, 0.15) is 17.3 Å². The Morgan fingerprint density at radius 2 is 1.51 bits per heavy atom. The maximum atomic E-state index is 6.74. The van der Waals surface area contributed by atoms with Gasteiger partial charge >= 0.3 is 0 Å². The van der Waals surface area contributed by atoms with Crippen LogP contribution in [0.25, 0.3) is 33.3 Å². The number of hydrogen-bond donors (Lipinski definition) is 0. The number of nitrogens with zero attached hydrogens (tertiary/aromatic N) is 4. The molecule has 0 aliphatic heterocycles. The first kappa shape index (κ1) is 32.9. The van der Waals surface area contributed by atoms with Crippen molar-refractivity contribution in [2.24, 2.45) is 5.92 Å². The average Bonchev–Trinajstić information content (AvgIpc) is 3.58. The van der Waals surface area contributed by atoms with Crippen LogP contribution in [-0.2, 0) is 10.8 Å². The minimum atomic E-state index is -0.129. The minimum absolute atomic E-state index is 0.110. The van der Waals surface area contributed by atoms with E-state index < -0.39 is 0 Å². The predicted octanol–water partition coefficient (Wildman–Crippen LogP) is 11.8. The van der Waals surface area contributed by atoms with Crippen molar-refractivity contribution >= 4 is 21.8 Å². The Bertz CT molecular complexity index is 2230. The van der Waals surface area contributed by atoms with Gasteiger partial charge in [0.25, 0.3) is 0 Å². The van der Waals surface area contributed by atoms with E-state index in [9.17, 15) is 0 Å². The zero-order valence-corrected chi connectivity index (χ0v) is 30.8. The standard InChI is InChI=1S/C44H50N4O/c1-27-20-21-45-38(24-27)47-36-17-12-11-16-34(36)35-19-18-32(26-37(35)47)49-33-23-28(2)22-31(25-33)48-42(44(8,9)10)40(41(46-48)43(5,6)7)39-29(3)14-13-15-30(39)4/h11-12,14,16-26,30,39H,13,15H2,1-10H3/t30-,39?/m0/s1. The fourth-order valence-corrected chi connectivity index (χ4v) is 7.96. The van der Waals surface area contributed by atoms with Gasteiger partial charge in [-0.2, -0.15) is 5.10 Å². The molecule has 3 aromatic heterocycles. The summed E-state index contributed by atoms with van der Waals surface area (Å²) in [6.45, 7) is 22.9. The molecule has 1 aliphatic carbocycles. The first-order valence-corrected chi connectivity index (χ1v) is 17.8. The number of benzene rings is 3. The van der Waals surface area contributed by atoms with Crippen LogP contribution in [0.15, 0.2) is 90.6 Å². The van der Waals surface area contributed by atoms with E-state index in [0.29, 0.717) is 11.8 Å². The molecule has 0 amide bonds. The molecule has 6 aromatic rings. The summed E-state index contributed by atoms with van der Waals surface area (Å²) in [6.07, 6.45) is 6.68. The summed E-state index contributed by atoms with van der Waals surface area (Å²) in [5.41, 5.74) is 10.6. The molecule has 0 spiro atoms. The van der Waals surface area contributed by atoms with Gasteiger partial charge in [-0.05, 0) is 93.1 Å². The topological polar surface area (TPSA) is 44.9 Å². The van der Waals surface area contributed by atoms with Gasteiger partial charge in [-0.3, -0.25) is 4.57 Å². The zero-order valence-electron chi connectivity index (χ0n) is 30.8. The lowest BCUT2D eigenvalue weighted by atomic mass is 9.70.